The Labute approximate surface area is 127 Å². The number of nitrogens with zero attached hydrogens (tertiary/aromatic N) is 1. The van der Waals surface area contributed by atoms with Crippen molar-refractivity contribution in [3.05, 3.63) is 60.7 Å². The van der Waals surface area contributed by atoms with Gasteiger partial charge in [0.15, 0.2) is 0 Å². The second-order valence-corrected chi connectivity index (χ2v) is 9.42. The standard InChI is InChI=1S/C18H22FNSi/c1-20-14-12-18(13-15-20)21(19,16-8-4-2-5-9-16)17-10-6-3-7-11-17/h2-11,18H,12-15H2,1H3. The summed E-state index contributed by atoms with van der Waals surface area (Å²) in [4.78, 5) is 2.31. The van der Waals surface area contributed by atoms with Crippen molar-refractivity contribution in [3.63, 3.8) is 0 Å². The molecule has 2 aromatic carbocycles. The first-order valence-electron chi connectivity index (χ1n) is 7.70. The summed E-state index contributed by atoms with van der Waals surface area (Å²) >= 11 is 0. The molecule has 110 valence electrons. The fourth-order valence-corrected chi connectivity index (χ4v) is 7.09. The Balaban J connectivity index is 2.03. The van der Waals surface area contributed by atoms with Gasteiger partial charge in [-0.1, -0.05) is 60.7 Å². The third kappa shape index (κ3) is 2.81. The number of hydrogen-bond acceptors (Lipinski definition) is 1. The number of rotatable bonds is 3. The van der Waals surface area contributed by atoms with Crippen LogP contribution < -0.4 is 10.4 Å². The summed E-state index contributed by atoms with van der Waals surface area (Å²) in [5.41, 5.74) is 0.179. The van der Waals surface area contributed by atoms with Crippen LogP contribution in [0.2, 0.25) is 5.54 Å². The molecule has 0 aliphatic carbocycles. The number of halogens is 1. The molecule has 21 heavy (non-hydrogen) atoms. The van der Waals surface area contributed by atoms with E-state index in [0.717, 1.165) is 36.3 Å². The topological polar surface area (TPSA) is 3.24 Å². The van der Waals surface area contributed by atoms with Gasteiger partial charge >= 0.3 is 8.41 Å². The largest absolute Gasteiger partial charge is 0.311 e. The molecule has 1 nitrogen and oxygen atoms in total. The zero-order valence-electron chi connectivity index (χ0n) is 12.5. The second-order valence-electron chi connectivity index (χ2n) is 6.02. The van der Waals surface area contributed by atoms with Gasteiger partial charge < -0.3 is 9.01 Å². The molecular formula is C18H22FNSi. The molecule has 0 unspecified atom stereocenters. The molecule has 0 atom stereocenters. The molecule has 1 aliphatic rings. The molecule has 0 aromatic heterocycles. The van der Waals surface area contributed by atoms with Crippen molar-refractivity contribution < 1.29 is 4.11 Å². The van der Waals surface area contributed by atoms with E-state index in [0.29, 0.717) is 0 Å². The van der Waals surface area contributed by atoms with E-state index < -0.39 is 8.41 Å². The molecule has 1 fully saturated rings. The lowest BCUT2D eigenvalue weighted by atomic mass is 10.1. The summed E-state index contributed by atoms with van der Waals surface area (Å²) in [5.74, 6) is 0. The fraction of sp³-hybridized carbons (Fsp3) is 0.333. The van der Waals surface area contributed by atoms with Gasteiger partial charge in [-0.2, -0.15) is 0 Å². The molecule has 3 heteroatoms. The summed E-state index contributed by atoms with van der Waals surface area (Å²) in [7, 11) is -1.03. The van der Waals surface area contributed by atoms with Crippen LogP contribution in [0.15, 0.2) is 60.7 Å². The summed E-state index contributed by atoms with van der Waals surface area (Å²) in [5, 5.41) is 1.84. The summed E-state index contributed by atoms with van der Waals surface area (Å²) in [6.45, 7) is 2.01. The van der Waals surface area contributed by atoms with Gasteiger partial charge in [-0.3, -0.25) is 0 Å². The molecule has 1 aliphatic heterocycles. The van der Waals surface area contributed by atoms with Crippen LogP contribution in [-0.2, 0) is 0 Å². The van der Waals surface area contributed by atoms with Gasteiger partial charge in [0.1, 0.15) is 0 Å². The van der Waals surface area contributed by atoms with Gasteiger partial charge in [0.25, 0.3) is 0 Å². The maximum absolute atomic E-state index is 16.4. The van der Waals surface area contributed by atoms with Crippen molar-refractivity contribution in [3.8, 4) is 0 Å². The molecule has 0 saturated carbocycles. The Hall–Kier alpha value is -1.45. The molecule has 0 bridgehead atoms. The monoisotopic (exact) mass is 299 g/mol. The van der Waals surface area contributed by atoms with Crippen LogP contribution in [0.1, 0.15) is 12.8 Å². The zero-order chi connectivity index (χ0) is 14.7. The Bertz CT molecular complexity index is 525. The third-order valence-corrected chi connectivity index (χ3v) is 8.72. The van der Waals surface area contributed by atoms with Crippen molar-refractivity contribution in [2.24, 2.45) is 0 Å². The fourth-order valence-electron chi connectivity index (χ4n) is 3.41. The summed E-state index contributed by atoms with van der Waals surface area (Å²) in [6, 6.07) is 19.7. The van der Waals surface area contributed by atoms with E-state index >= 15 is 4.11 Å². The van der Waals surface area contributed by atoms with E-state index in [9.17, 15) is 0 Å². The lowest BCUT2D eigenvalue weighted by Gasteiger charge is -2.37. The van der Waals surface area contributed by atoms with Gasteiger partial charge in [0.05, 0.1) is 0 Å². The molecule has 3 rings (SSSR count). The van der Waals surface area contributed by atoms with Crippen LogP contribution in [0.3, 0.4) is 0 Å². The van der Waals surface area contributed by atoms with E-state index in [4.69, 9.17) is 0 Å². The van der Waals surface area contributed by atoms with Crippen LogP contribution >= 0.6 is 0 Å². The Kier molecular flexibility index (Phi) is 4.22. The Morgan fingerprint density at radius 2 is 1.29 bits per heavy atom. The number of benzene rings is 2. The molecule has 2 aromatic rings. The number of likely N-dealkylation sites (tertiary alicyclic amines) is 1. The summed E-state index contributed by atoms with van der Waals surface area (Å²) in [6.07, 6.45) is 1.92. The summed E-state index contributed by atoms with van der Waals surface area (Å²) < 4.78 is 16.4. The molecule has 0 spiro atoms. The lowest BCUT2D eigenvalue weighted by Crippen LogP contribution is -2.59. The minimum absolute atomic E-state index is 0.179. The van der Waals surface area contributed by atoms with E-state index in [1.165, 1.54) is 0 Å². The van der Waals surface area contributed by atoms with Gasteiger partial charge in [-0.25, -0.2) is 0 Å². The van der Waals surface area contributed by atoms with Gasteiger partial charge in [-0.05, 0) is 48.9 Å². The van der Waals surface area contributed by atoms with Gasteiger partial charge in [0, 0.05) is 0 Å². The lowest BCUT2D eigenvalue weighted by molar-refractivity contribution is 0.271. The highest BCUT2D eigenvalue weighted by Gasteiger charge is 2.47. The van der Waals surface area contributed by atoms with Crippen LogP contribution in [0.5, 0.6) is 0 Å². The minimum atomic E-state index is -3.16. The first-order valence-corrected chi connectivity index (χ1v) is 9.65. The highest BCUT2D eigenvalue weighted by molar-refractivity contribution is 6.98. The highest BCUT2D eigenvalue weighted by Crippen LogP contribution is 2.33. The average molecular weight is 299 g/mol. The van der Waals surface area contributed by atoms with Crippen LogP contribution in [0.25, 0.3) is 0 Å². The normalized spacial score (nSPS) is 17.8. The van der Waals surface area contributed by atoms with Gasteiger partial charge in [0.2, 0.25) is 0 Å². The van der Waals surface area contributed by atoms with Crippen molar-refractivity contribution in [2.45, 2.75) is 18.4 Å². The zero-order valence-corrected chi connectivity index (χ0v) is 13.5. The smallest absolute Gasteiger partial charge is 0.306 e. The van der Waals surface area contributed by atoms with E-state index in [1.54, 1.807) is 0 Å². The molecule has 0 radical (unpaired) electrons. The van der Waals surface area contributed by atoms with Crippen LogP contribution in [0, 0.1) is 0 Å². The second kappa shape index (κ2) is 6.12. The van der Waals surface area contributed by atoms with Crippen molar-refractivity contribution in [1.82, 2.24) is 4.90 Å². The highest BCUT2D eigenvalue weighted by atomic mass is 28.4. The van der Waals surface area contributed by atoms with Crippen LogP contribution in [0.4, 0.5) is 4.11 Å². The van der Waals surface area contributed by atoms with E-state index in [-0.39, 0.29) is 5.54 Å². The quantitative estimate of drug-likeness (QED) is 0.622. The third-order valence-electron chi connectivity index (χ3n) is 4.67. The molecule has 0 N–H and O–H groups in total. The predicted molar refractivity (Wildman–Crippen MR) is 89.5 cm³/mol. The average Bonchev–Trinajstić information content (AvgIpc) is 2.56. The molecule has 0 amide bonds. The SMILES string of the molecule is CN1CCC([Si](F)(c2ccccc2)c2ccccc2)CC1. The Morgan fingerprint density at radius 3 is 1.71 bits per heavy atom. The van der Waals surface area contributed by atoms with Gasteiger partial charge in [-0.15, -0.1) is 0 Å². The maximum atomic E-state index is 16.4. The molecular weight excluding hydrogens is 277 g/mol. The maximum Gasteiger partial charge on any atom is 0.311 e. The predicted octanol–water partition coefficient (Wildman–Crippen LogP) is 2.81. The molecule has 1 saturated heterocycles. The van der Waals surface area contributed by atoms with Crippen molar-refractivity contribution >= 4 is 18.8 Å². The van der Waals surface area contributed by atoms with E-state index in [1.807, 2.05) is 60.7 Å². The molecule has 1 heterocycles. The number of hydrogen-bond donors (Lipinski definition) is 0. The Morgan fingerprint density at radius 1 is 0.857 bits per heavy atom. The van der Waals surface area contributed by atoms with E-state index in [2.05, 4.69) is 11.9 Å². The number of piperidine rings is 1. The van der Waals surface area contributed by atoms with Crippen LogP contribution in [-0.4, -0.2) is 33.4 Å². The first kappa shape index (κ1) is 14.5. The van der Waals surface area contributed by atoms with Crippen molar-refractivity contribution in [1.29, 1.82) is 0 Å². The minimum Gasteiger partial charge on any atom is -0.306 e. The van der Waals surface area contributed by atoms with Crippen molar-refractivity contribution in [2.75, 3.05) is 20.1 Å². The first-order chi connectivity index (χ1) is 10.2.